The third-order valence-electron chi connectivity index (χ3n) is 3.67. The zero-order valence-electron chi connectivity index (χ0n) is 11.9. The smallest absolute Gasteiger partial charge is 0.306 e. The summed E-state index contributed by atoms with van der Waals surface area (Å²) in [4.78, 5) is 23.1. The summed E-state index contributed by atoms with van der Waals surface area (Å²) in [5.41, 5.74) is 0.768. The van der Waals surface area contributed by atoms with E-state index in [1.807, 2.05) is 0 Å². The van der Waals surface area contributed by atoms with Gasteiger partial charge in [-0.25, -0.2) is 13.6 Å². The number of carbonyl (C=O) groups excluding carboxylic acids is 1. The van der Waals surface area contributed by atoms with Crippen LogP contribution in [-0.4, -0.2) is 31.4 Å². The molecule has 0 spiro atoms. The average Bonchev–Trinajstić information content (AvgIpc) is 2.85. The van der Waals surface area contributed by atoms with Crippen LogP contribution in [0.2, 0.25) is 0 Å². The molecule has 1 amide bonds. The molecule has 0 heterocycles. The van der Waals surface area contributed by atoms with E-state index in [4.69, 9.17) is 10.2 Å². The monoisotopic (exact) mass is 326 g/mol. The standard InChI is InChI=1S/C14H18N2O5S/c15-22(20,21)8-9-2-1-3-10(6-9)13(17)16-12-5-4-11(7-12)14(18)19/h1-3,6,11-12H,4-5,7-8H2,(H,16,17)(H,18,19)(H2,15,20,21)/t11-,12+/m1/s1. The third-order valence-corrected chi connectivity index (χ3v) is 4.41. The summed E-state index contributed by atoms with van der Waals surface area (Å²) in [5.74, 6) is -1.93. The molecule has 22 heavy (non-hydrogen) atoms. The molecule has 0 aliphatic heterocycles. The largest absolute Gasteiger partial charge is 0.481 e. The molecule has 1 saturated carbocycles. The number of nitrogens with two attached hydrogens (primary N) is 1. The second-order valence-corrected chi connectivity index (χ2v) is 7.14. The Labute approximate surface area is 128 Å². The van der Waals surface area contributed by atoms with Crippen LogP contribution in [0.5, 0.6) is 0 Å². The first-order valence-electron chi connectivity index (χ1n) is 6.87. The number of carboxylic acids is 1. The maximum Gasteiger partial charge on any atom is 0.306 e. The van der Waals surface area contributed by atoms with Gasteiger partial charge in [-0.2, -0.15) is 0 Å². The van der Waals surface area contributed by atoms with Gasteiger partial charge >= 0.3 is 5.97 Å². The number of carboxylic acid groups (broad SMARTS) is 1. The van der Waals surface area contributed by atoms with Gasteiger partial charge in [0, 0.05) is 11.6 Å². The van der Waals surface area contributed by atoms with Gasteiger partial charge < -0.3 is 10.4 Å². The van der Waals surface area contributed by atoms with Crippen LogP contribution in [0, 0.1) is 5.92 Å². The molecule has 0 aromatic heterocycles. The van der Waals surface area contributed by atoms with Crippen molar-refractivity contribution >= 4 is 21.9 Å². The Morgan fingerprint density at radius 1 is 1.32 bits per heavy atom. The summed E-state index contributed by atoms with van der Waals surface area (Å²) < 4.78 is 22.2. The fourth-order valence-electron chi connectivity index (χ4n) is 2.64. The van der Waals surface area contributed by atoms with Crippen molar-refractivity contribution in [3.8, 4) is 0 Å². The minimum atomic E-state index is -3.66. The molecule has 4 N–H and O–H groups in total. The molecule has 1 aromatic carbocycles. The third kappa shape index (κ3) is 4.54. The number of primary sulfonamides is 1. The summed E-state index contributed by atoms with van der Waals surface area (Å²) in [6.07, 6.45) is 1.59. The molecule has 1 aliphatic carbocycles. The molecule has 2 rings (SSSR count). The Morgan fingerprint density at radius 2 is 2.05 bits per heavy atom. The molecule has 2 atom stereocenters. The van der Waals surface area contributed by atoms with Crippen molar-refractivity contribution in [2.45, 2.75) is 31.1 Å². The maximum atomic E-state index is 12.2. The zero-order valence-corrected chi connectivity index (χ0v) is 12.7. The van der Waals surface area contributed by atoms with Gasteiger partial charge in [0.1, 0.15) is 0 Å². The van der Waals surface area contributed by atoms with Gasteiger partial charge in [0.25, 0.3) is 5.91 Å². The first-order valence-corrected chi connectivity index (χ1v) is 8.59. The van der Waals surface area contributed by atoms with Crippen LogP contribution in [0.3, 0.4) is 0 Å². The highest BCUT2D eigenvalue weighted by Crippen LogP contribution is 2.25. The van der Waals surface area contributed by atoms with Crippen molar-refractivity contribution in [3.05, 3.63) is 35.4 Å². The number of aliphatic carboxylic acids is 1. The molecule has 0 radical (unpaired) electrons. The molecule has 1 aromatic rings. The molecule has 1 aliphatic rings. The number of benzene rings is 1. The normalized spacial score (nSPS) is 21.5. The summed E-state index contributed by atoms with van der Waals surface area (Å²) >= 11 is 0. The van der Waals surface area contributed by atoms with E-state index < -0.39 is 21.9 Å². The van der Waals surface area contributed by atoms with Crippen molar-refractivity contribution in [3.63, 3.8) is 0 Å². The molecule has 7 nitrogen and oxygen atoms in total. The Hall–Kier alpha value is -1.93. The van der Waals surface area contributed by atoms with Gasteiger partial charge in [-0.15, -0.1) is 0 Å². The Morgan fingerprint density at radius 3 is 2.64 bits per heavy atom. The van der Waals surface area contributed by atoms with E-state index >= 15 is 0 Å². The molecule has 0 saturated heterocycles. The Bertz CT molecular complexity index is 686. The lowest BCUT2D eigenvalue weighted by atomic mass is 10.1. The lowest BCUT2D eigenvalue weighted by molar-refractivity contribution is -0.141. The molecule has 8 heteroatoms. The predicted octanol–water partition coefficient (Wildman–Crippen LogP) is 0.458. The van der Waals surface area contributed by atoms with E-state index in [-0.39, 0.29) is 17.7 Å². The number of sulfonamides is 1. The van der Waals surface area contributed by atoms with Crippen LogP contribution in [-0.2, 0) is 20.6 Å². The van der Waals surface area contributed by atoms with Gasteiger partial charge in [-0.3, -0.25) is 9.59 Å². The molecule has 1 fully saturated rings. The lowest BCUT2D eigenvalue weighted by Gasteiger charge is -2.13. The van der Waals surface area contributed by atoms with Gasteiger partial charge in [-0.1, -0.05) is 12.1 Å². The van der Waals surface area contributed by atoms with E-state index in [2.05, 4.69) is 5.32 Å². The fraction of sp³-hybridized carbons (Fsp3) is 0.429. The average molecular weight is 326 g/mol. The van der Waals surface area contributed by atoms with Crippen molar-refractivity contribution in [1.29, 1.82) is 0 Å². The van der Waals surface area contributed by atoms with Gasteiger partial charge in [0.2, 0.25) is 10.0 Å². The fourth-order valence-corrected chi connectivity index (χ4v) is 3.28. The molecule has 0 bridgehead atoms. The molecule has 120 valence electrons. The molecular formula is C14H18N2O5S. The van der Waals surface area contributed by atoms with Crippen LogP contribution in [0.15, 0.2) is 24.3 Å². The number of amides is 1. The van der Waals surface area contributed by atoms with Crippen molar-refractivity contribution in [2.75, 3.05) is 0 Å². The van der Waals surface area contributed by atoms with Gasteiger partial charge in [-0.05, 0) is 37.0 Å². The highest BCUT2D eigenvalue weighted by Gasteiger charge is 2.30. The second kappa shape index (κ2) is 6.45. The summed E-state index contributed by atoms with van der Waals surface area (Å²) in [7, 11) is -3.66. The van der Waals surface area contributed by atoms with Crippen molar-refractivity contribution < 1.29 is 23.1 Å². The number of nitrogens with one attached hydrogen (secondary N) is 1. The predicted molar refractivity (Wildman–Crippen MR) is 79.5 cm³/mol. The molecule has 0 unspecified atom stereocenters. The van der Waals surface area contributed by atoms with Crippen LogP contribution >= 0.6 is 0 Å². The number of rotatable bonds is 5. The van der Waals surface area contributed by atoms with Crippen LogP contribution in [0.1, 0.15) is 35.2 Å². The number of hydrogen-bond donors (Lipinski definition) is 3. The summed E-state index contributed by atoms with van der Waals surface area (Å²) in [5, 5.41) is 16.7. The first kappa shape index (κ1) is 16.4. The van der Waals surface area contributed by atoms with Gasteiger partial charge in [0.15, 0.2) is 0 Å². The van der Waals surface area contributed by atoms with Crippen LogP contribution in [0.25, 0.3) is 0 Å². The van der Waals surface area contributed by atoms with Crippen molar-refractivity contribution in [1.82, 2.24) is 5.32 Å². The van der Waals surface area contributed by atoms with E-state index in [0.29, 0.717) is 30.4 Å². The van der Waals surface area contributed by atoms with Crippen LogP contribution < -0.4 is 10.5 Å². The minimum Gasteiger partial charge on any atom is -0.481 e. The second-order valence-electron chi connectivity index (χ2n) is 5.53. The highest BCUT2D eigenvalue weighted by molar-refractivity contribution is 7.88. The van der Waals surface area contributed by atoms with Crippen LogP contribution in [0.4, 0.5) is 0 Å². The Balaban J connectivity index is 2.01. The summed E-state index contributed by atoms with van der Waals surface area (Å²) in [6, 6.07) is 6.05. The number of carbonyl (C=O) groups is 2. The number of hydrogen-bond acceptors (Lipinski definition) is 4. The van der Waals surface area contributed by atoms with E-state index in [0.717, 1.165) is 0 Å². The Kier molecular flexibility index (Phi) is 4.82. The van der Waals surface area contributed by atoms with Gasteiger partial charge in [0.05, 0.1) is 11.7 Å². The SMILES string of the molecule is NS(=O)(=O)Cc1cccc(C(=O)N[C@H]2CC[C@@H](C(=O)O)C2)c1. The summed E-state index contributed by atoms with van der Waals surface area (Å²) in [6.45, 7) is 0. The minimum absolute atomic E-state index is 0.171. The lowest BCUT2D eigenvalue weighted by Crippen LogP contribution is -2.33. The van der Waals surface area contributed by atoms with E-state index in [1.165, 1.54) is 6.07 Å². The van der Waals surface area contributed by atoms with Crippen molar-refractivity contribution in [2.24, 2.45) is 11.1 Å². The quantitative estimate of drug-likeness (QED) is 0.724. The zero-order chi connectivity index (χ0) is 16.3. The first-order chi connectivity index (χ1) is 10.2. The van der Waals surface area contributed by atoms with E-state index in [9.17, 15) is 18.0 Å². The van der Waals surface area contributed by atoms with E-state index in [1.54, 1.807) is 18.2 Å². The topological polar surface area (TPSA) is 127 Å². The highest BCUT2D eigenvalue weighted by atomic mass is 32.2. The maximum absolute atomic E-state index is 12.2. The molecular weight excluding hydrogens is 308 g/mol.